The summed E-state index contributed by atoms with van der Waals surface area (Å²) in [5.74, 6) is -0.652. The van der Waals surface area contributed by atoms with Gasteiger partial charge in [0.05, 0.1) is 0 Å². The van der Waals surface area contributed by atoms with E-state index in [4.69, 9.17) is 12.2 Å². The summed E-state index contributed by atoms with van der Waals surface area (Å²) in [6, 6.07) is 2.86. The number of aromatic amines is 1. The van der Waals surface area contributed by atoms with Crippen molar-refractivity contribution in [3.05, 3.63) is 51.6 Å². The maximum absolute atomic E-state index is 14.3. The normalized spacial score (nSPS) is 27.2. The van der Waals surface area contributed by atoms with Crippen LogP contribution in [0.1, 0.15) is 29.2 Å². The molecule has 0 unspecified atom stereocenters. The number of halogens is 2. The molecule has 0 radical (unpaired) electrons. The average molecular weight is 278 g/mol. The van der Waals surface area contributed by atoms with E-state index in [1.807, 2.05) is 10.8 Å². The summed E-state index contributed by atoms with van der Waals surface area (Å²) in [6.07, 6.45) is 2.67. The number of H-pyrrole nitrogens is 1. The lowest BCUT2D eigenvalue weighted by Gasteiger charge is -2.16. The van der Waals surface area contributed by atoms with Crippen LogP contribution < -0.4 is 0 Å². The number of benzene rings is 1. The predicted octanol–water partition coefficient (Wildman–Crippen LogP) is 3.57. The smallest absolute Gasteiger partial charge is 0.177 e. The van der Waals surface area contributed by atoms with Crippen molar-refractivity contribution in [1.82, 2.24) is 9.55 Å². The monoisotopic (exact) mass is 278 g/mol. The predicted molar refractivity (Wildman–Crippen MR) is 69.7 cm³/mol. The van der Waals surface area contributed by atoms with Gasteiger partial charge in [-0.05, 0) is 37.2 Å². The second kappa shape index (κ2) is 3.33. The molecule has 0 saturated heterocycles. The molecule has 2 aliphatic rings. The van der Waals surface area contributed by atoms with Crippen LogP contribution in [0.25, 0.3) is 0 Å². The third-order valence-corrected chi connectivity index (χ3v) is 4.89. The van der Waals surface area contributed by atoms with Gasteiger partial charge in [0.25, 0.3) is 0 Å². The molecule has 0 bridgehead atoms. The van der Waals surface area contributed by atoms with Gasteiger partial charge < -0.3 is 9.55 Å². The lowest BCUT2D eigenvalue weighted by Crippen LogP contribution is -2.17. The molecule has 1 saturated carbocycles. The van der Waals surface area contributed by atoms with E-state index in [2.05, 4.69) is 4.98 Å². The standard InChI is InChI=1S/C14H12F2N2S/c1-7-2-3-9(15)11(12(7)16)14-4-8(14)10-5-17-13(19)18(10)6-14/h2-3,5,8H,4,6H2,1H3,(H,17,19)/t8-,14-/m1/s1. The summed E-state index contributed by atoms with van der Waals surface area (Å²) >= 11 is 5.20. The fraction of sp³-hybridized carbons (Fsp3) is 0.357. The van der Waals surface area contributed by atoms with Crippen molar-refractivity contribution < 1.29 is 8.78 Å². The number of hydrogen-bond donors (Lipinski definition) is 1. The largest absolute Gasteiger partial charge is 0.337 e. The van der Waals surface area contributed by atoms with Gasteiger partial charge in [-0.2, -0.15) is 0 Å². The minimum atomic E-state index is -0.439. The first kappa shape index (κ1) is 11.3. The van der Waals surface area contributed by atoms with E-state index < -0.39 is 17.0 Å². The third-order valence-electron chi connectivity index (χ3n) is 4.55. The summed E-state index contributed by atoms with van der Waals surface area (Å²) in [5.41, 5.74) is 1.40. The number of nitrogens with one attached hydrogen (secondary N) is 1. The van der Waals surface area contributed by atoms with Gasteiger partial charge in [-0.25, -0.2) is 8.78 Å². The molecule has 0 amide bonds. The van der Waals surface area contributed by atoms with E-state index in [1.165, 1.54) is 12.1 Å². The Balaban J connectivity index is 1.90. The summed E-state index contributed by atoms with van der Waals surface area (Å²) < 4.78 is 31.0. The number of nitrogens with zero attached hydrogens (tertiary/aromatic N) is 1. The fourth-order valence-electron chi connectivity index (χ4n) is 3.48. The molecular weight excluding hydrogens is 266 g/mol. The van der Waals surface area contributed by atoms with Gasteiger partial charge in [0.15, 0.2) is 4.77 Å². The molecule has 2 aromatic rings. The summed E-state index contributed by atoms with van der Waals surface area (Å²) in [6.45, 7) is 2.25. The Kier molecular flexibility index (Phi) is 1.99. The summed E-state index contributed by atoms with van der Waals surface area (Å²) in [5, 5.41) is 0. The zero-order chi connectivity index (χ0) is 13.4. The van der Waals surface area contributed by atoms with Crippen molar-refractivity contribution in [2.45, 2.75) is 31.2 Å². The molecule has 1 N–H and O–H groups in total. The quantitative estimate of drug-likeness (QED) is 0.791. The molecular formula is C14H12F2N2S. The number of fused-ring (bicyclic) bond motifs is 3. The third kappa shape index (κ3) is 1.26. The van der Waals surface area contributed by atoms with Crippen LogP contribution >= 0.6 is 12.2 Å². The molecule has 0 spiro atoms. The second-order valence-electron chi connectivity index (χ2n) is 5.57. The van der Waals surface area contributed by atoms with Crippen LogP contribution in [0.2, 0.25) is 0 Å². The van der Waals surface area contributed by atoms with Crippen LogP contribution in [0.5, 0.6) is 0 Å². The van der Waals surface area contributed by atoms with Crippen molar-refractivity contribution >= 4 is 12.2 Å². The van der Waals surface area contributed by atoms with Crippen LogP contribution in [0, 0.1) is 23.3 Å². The fourth-order valence-corrected chi connectivity index (χ4v) is 3.71. The Hall–Kier alpha value is -1.49. The highest BCUT2D eigenvalue weighted by molar-refractivity contribution is 7.71. The number of hydrogen-bond acceptors (Lipinski definition) is 1. The molecule has 5 heteroatoms. The Morgan fingerprint density at radius 1 is 1.42 bits per heavy atom. The first-order valence-corrected chi connectivity index (χ1v) is 6.68. The maximum atomic E-state index is 14.3. The first-order valence-electron chi connectivity index (χ1n) is 6.28. The highest BCUT2D eigenvalue weighted by Crippen LogP contribution is 2.66. The van der Waals surface area contributed by atoms with Crippen molar-refractivity contribution in [3.8, 4) is 0 Å². The zero-order valence-corrected chi connectivity index (χ0v) is 11.2. The maximum Gasteiger partial charge on any atom is 0.177 e. The summed E-state index contributed by atoms with van der Waals surface area (Å²) in [7, 11) is 0. The van der Waals surface area contributed by atoms with E-state index in [-0.39, 0.29) is 11.5 Å². The highest BCUT2D eigenvalue weighted by atomic mass is 32.1. The molecule has 1 aromatic carbocycles. The SMILES string of the molecule is Cc1ccc(F)c([C@@]23C[C@@H]2c2c[nH]c(=S)n2C3)c1F. The number of rotatable bonds is 1. The molecule has 98 valence electrons. The van der Waals surface area contributed by atoms with E-state index in [0.717, 1.165) is 12.1 Å². The van der Waals surface area contributed by atoms with Gasteiger partial charge in [-0.15, -0.1) is 0 Å². The first-order chi connectivity index (χ1) is 9.04. The molecule has 2 nitrogen and oxygen atoms in total. The Labute approximate surface area is 114 Å². The number of aryl methyl sites for hydroxylation is 1. The molecule has 4 rings (SSSR count). The van der Waals surface area contributed by atoms with Crippen LogP contribution in [-0.2, 0) is 12.0 Å². The Bertz CT molecular complexity index is 761. The van der Waals surface area contributed by atoms with Crippen molar-refractivity contribution in [2.24, 2.45) is 0 Å². The second-order valence-corrected chi connectivity index (χ2v) is 5.96. The van der Waals surface area contributed by atoms with Gasteiger partial charge in [0, 0.05) is 35.3 Å². The molecule has 2 atom stereocenters. The topological polar surface area (TPSA) is 20.7 Å². The molecule has 1 fully saturated rings. The summed E-state index contributed by atoms with van der Waals surface area (Å²) in [4.78, 5) is 3.00. The molecule has 1 aliphatic carbocycles. The van der Waals surface area contributed by atoms with Crippen LogP contribution in [0.15, 0.2) is 18.3 Å². The van der Waals surface area contributed by atoms with Gasteiger partial charge >= 0.3 is 0 Å². The van der Waals surface area contributed by atoms with E-state index in [1.54, 1.807) is 6.92 Å². The zero-order valence-electron chi connectivity index (χ0n) is 10.3. The van der Waals surface area contributed by atoms with Crippen LogP contribution in [-0.4, -0.2) is 9.55 Å². The van der Waals surface area contributed by atoms with Gasteiger partial charge in [-0.1, -0.05) is 6.07 Å². The molecule has 1 aromatic heterocycles. The Morgan fingerprint density at radius 3 is 2.95 bits per heavy atom. The average Bonchev–Trinajstić information content (AvgIpc) is 2.83. The van der Waals surface area contributed by atoms with E-state index >= 15 is 0 Å². The van der Waals surface area contributed by atoms with Crippen LogP contribution in [0.4, 0.5) is 8.78 Å². The number of aromatic nitrogens is 2. The van der Waals surface area contributed by atoms with E-state index in [9.17, 15) is 8.78 Å². The lowest BCUT2D eigenvalue weighted by atomic mass is 9.91. The van der Waals surface area contributed by atoms with Gasteiger partial charge in [-0.3, -0.25) is 0 Å². The molecule has 1 aliphatic heterocycles. The Morgan fingerprint density at radius 2 is 2.21 bits per heavy atom. The van der Waals surface area contributed by atoms with Gasteiger partial charge in [0.1, 0.15) is 11.6 Å². The molecule has 19 heavy (non-hydrogen) atoms. The van der Waals surface area contributed by atoms with E-state index in [0.29, 0.717) is 16.9 Å². The lowest BCUT2D eigenvalue weighted by molar-refractivity contribution is 0.484. The van der Waals surface area contributed by atoms with Crippen LogP contribution in [0.3, 0.4) is 0 Å². The minimum absolute atomic E-state index is 0.186. The van der Waals surface area contributed by atoms with Crippen molar-refractivity contribution in [2.75, 3.05) is 0 Å². The minimum Gasteiger partial charge on any atom is -0.337 e. The molecule has 2 heterocycles. The van der Waals surface area contributed by atoms with Crippen molar-refractivity contribution in [1.29, 1.82) is 0 Å². The highest BCUT2D eigenvalue weighted by Gasteiger charge is 2.63. The number of imidazole rings is 1. The van der Waals surface area contributed by atoms with Gasteiger partial charge in [0.2, 0.25) is 0 Å². The van der Waals surface area contributed by atoms with Crippen molar-refractivity contribution in [3.63, 3.8) is 0 Å².